The van der Waals surface area contributed by atoms with E-state index in [1.165, 1.54) is 0 Å². The maximum Gasteiger partial charge on any atom is 0.263 e. The topological polar surface area (TPSA) is 108 Å². The van der Waals surface area contributed by atoms with Gasteiger partial charge in [-0.15, -0.1) is 0 Å². The number of aromatic nitrogens is 1. The van der Waals surface area contributed by atoms with Gasteiger partial charge >= 0.3 is 0 Å². The molecule has 1 fully saturated rings. The van der Waals surface area contributed by atoms with Crippen LogP contribution in [0.15, 0.2) is 48.8 Å². The first-order valence-corrected chi connectivity index (χ1v) is 10.2. The molecule has 2 heterocycles. The Kier molecular flexibility index (Phi) is 5.36. The zero-order valence-corrected chi connectivity index (χ0v) is 15.0. The van der Waals surface area contributed by atoms with Gasteiger partial charge in [0.1, 0.15) is 15.4 Å². The number of hydrogen-bond acceptors (Lipinski definition) is 6. The van der Waals surface area contributed by atoms with E-state index in [1.54, 1.807) is 17.9 Å². The van der Waals surface area contributed by atoms with E-state index in [2.05, 4.69) is 10.3 Å². The summed E-state index contributed by atoms with van der Waals surface area (Å²) in [7, 11) is -3.12. The van der Waals surface area contributed by atoms with Crippen molar-refractivity contribution in [2.24, 2.45) is 0 Å². The van der Waals surface area contributed by atoms with E-state index in [4.69, 9.17) is 5.21 Å². The Morgan fingerprint density at radius 1 is 1.04 bits per heavy atom. The molecular weight excluding hydrogens is 354 g/mol. The third kappa shape index (κ3) is 4.09. The normalized spacial score (nSPS) is 18.2. The van der Waals surface area contributed by atoms with E-state index < -0.39 is 21.3 Å². The molecule has 0 atom stereocenters. The summed E-state index contributed by atoms with van der Waals surface area (Å²) >= 11 is 0. The number of nitrogens with one attached hydrogen (secondary N) is 2. The van der Waals surface area contributed by atoms with Crippen molar-refractivity contribution in [3.63, 3.8) is 0 Å². The maximum atomic E-state index is 12.1. The molecule has 1 amide bonds. The fourth-order valence-electron chi connectivity index (χ4n) is 3.11. The van der Waals surface area contributed by atoms with Crippen LogP contribution in [0.4, 0.5) is 0 Å². The molecule has 0 unspecified atom stereocenters. The molecule has 0 spiro atoms. The van der Waals surface area contributed by atoms with Crippen LogP contribution in [0, 0.1) is 0 Å². The van der Waals surface area contributed by atoms with E-state index in [0.29, 0.717) is 6.54 Å². The summed E-state index contributed by atoms with van der Waals surface area (Å²) in [5.74, 6) is -0.746. The Bertz CT molecular complexity index is 853. The average molecular weight is 375 g/mol. The Morgan fingerprint density at radius 2 is 1.62 bits per heavy atom. The molecule has 0 aliphatic carbocycles. The molecule has 1 aliphatic heterocycles. The third-order valence-corrected chi connectivity index (χ3v) is 6.47. The van der Waals surface area contributed by atoms with E-state index in [-0.39, 0.29) is 24.3 Å². The second kappa shape index (κ2) is 7.53. The molecule has 2 aromatic rings. The number of hydroxylamine groups is 1. The van der Waals surface area contributed by atoms with Gasteiger partial charge in [-0.05, 0) is 41.7 Å². The van der Waals surface area contributed by atoms with Crippen molar-refractivity contribution in [1.82, 2.24) is 15.8 Å². The molecule has 1 aliphatic rings. The van der Waals surface area contributed by atoms with Crippen molar-refractivity contribution < 1.29 is 18.4 Å². The number of benzene rings is 1. The number of rotatable bonds is 5. The highest BCUT2D eigenvalue weighted by Crippen LogP contribution is 2.25. The first-order valence-electron chi connectivity index (χ1n) is 8.33. The number of carbonyl (C=O) groups is 1. The molecule has 1 saturated heterocycles. The minimum absolute atomic E-state index is 0.0750. The summed E-state index contributed by atoms with van der Waals surface area (Å²) in [5, 5.41) is 12.2. The summed E-state index contributed by atoms with van der Waals surface area (Å²) in [6, 6.07) is 11.7. The van der Waals surface area contributed by atoms with Crippen molar-refractivity contribution in [1.29, 1.82) is 0 Å². The standard InChI is InChI=1S/C18H21N3O4S/c22-17(21-23)18(7-11-26(24,25)12-8-18)20-13-14-1-3-15(4-2-14)16-5-9-19-10-6-16/h1-6,9-10,20,23H,7-8,11-13H2,(H,21,22). The summed E-state index contributed by atoms with van der Waals surface area (Å²) in [6.45, 7) is 0.393. The molecule has 26 heavy (non-hydrogen) atoms. The second-order valence-electron chi connectivity index (χ2n) is 6.46. The second-order valence-corrected chi connectivity index (χ2v) is 8.76. The first-order chi connectivity index (χ1) is 12.4. The Balaban J connectivity index is 1.70. The van der Waals surface area contributed by atoms with Crippen LogP contribution in [-0.2, 0) is 21.2 Å². The van der Waals surface area contributed by atoms with Crippen LogP contribution in [0.1, 0.15) is 18.4 Å². The smallest absolute Gasteiger partial charge is 0.263 e. The summed E-state index contributed by atoms with van der Waals surface area (Å²) < 4.78 is 23.3. The quantitative estimate of drug-likeness (QED) is 0.537. The predicted molar refractivity (Wildman–Crippen MR) is 97.1 cm³/mol. The highest BCUT2D eigenvalue weighted by molar-refractivity contribution is 7.91. The van der Waals surface area contributed by atoms with Crippen LogP contribution in [0.25, 0.3) is 11.1 Å². The van der Waals surface area contributed by atoms with Crippen LogP contribution >= 0.6 is 0 Å². The monoisotopic (exact) mass is 375 g/mol. The third-order valence-electron chi connectivity index (χ3n) is 4.81. The van der Waals surface area contributed by atoms with E-state index >= 15 is 0 Å². The van der Waals surface area contributed by atoms with E-state index in [0.717, 1.165) is 16.7 Å². The van der Waals surface area contributed by atoms with Gasteiger partial charge in [0.2, 0.25) is 0 Å². The van der Waals surface area contributed by atoms with Gasteiger partial charge in [-0.2, -0.15) is 0 Å². The highest BCUT2D eigenvalue weighted by atomic mass is 32.2. The number of hydrogen-bond donors (Lipinski definition) is 3. The van der Waals surface area contributed by atoms with E-state index in [9.17, 15) is 13.2 Å². The molecule has 1 aromatic heterocycles. The van der Waals surface area contributed by atoms with Gasteiger partial charge in [0.05, 0.1) is 11.5 Å². The van der Waals surface area contributed by atoms with Crippen LogP contribution in [0.5, 0.6) is 0 Å². The van der Waals surface area contributed by atoms with Crippen molar-refractivity contribution >= 4 is 15.7 Å². The Morgan fingerprint density at radius 3 is 2.19 bits per heavy atom. The van der Waals surface area contributed by atoms with Crippen molar-refractivity contribution in [2.75, 3.05) is 11.5 Å². The lowest BCUT2D eigenvalue weighted by atomic mass is 9.91. The van der Waals surface area contributed by atoms with Gasteiger partial charge in [-0.25, -0.2) is 13.9 Å². The maximum absolute atomic E-state index is 12.1. The van der Waals surface area contributed by atoms with Gasteiger partial charge in [0, 0.05) is 18.9 Å². The van der Waals surface area contributed by atoms with Gasteiger partial charge in [0.15, 0.2) is 0 Å². The van der Waals surface area contributed by atoms with Gasteiger partial charge < -0.3 is 0 Å². The van der Waals surface area contributed by atoms with Crippen LogP contribution < -0.4 is 10.8 Å². The molecule has 0 bridgehead atoms. The minimum Gasteiger partial charge on any atom is -0.299 e. The summed E-state index contributed by atoms with van der Waals surface area (Å²) in [5.41, 5.74) is 3.67. The molecule has 1 aromatic carbocycles. The van der Waals surface area contributed by atoms with Crippen LogP contribution in [0.2, 0.25) is 0 Å². The molecule has 3 rings (SSSR count). The van der Waals surface area contributed by atoms with Gasteiger partial charge in [0.25, 0.3) is 5.91 Å². The molecule has 7 nitrogen and oxygen atoms in total. The number of pyridine rings is 1. The van der Waals surface area contributed by atoms with Gasteiger partial charge in [-0.1, -0.05) is 24.3 Å². The average Bonchev–Trinajstić information content (AvgIpc) is 2.68. The lowest BCUT2D eigenvalue weighted by Gasteiger charge is -2.35. The lowest BCUT2D eigenvalue weighted by Crippen LogP contribution is -2.59. The Labute approximate surface area is 152 Å². The molecule has 0 saturated carbocycles. The molecular formula is C18H21N3O4S. The number of nitrogens with zero attached hydrogens (tertiary/aromatic N) is 1. The van der Waals surface area contributed by atoms with Crippen LogP contribution in [0.3, 0.4) is 0 Å². The molecule has 0 radical (unpaired) electrons. The van der Waals surface area contributed by atoms with E-state index in [1.807, 2.05) is 36.4 Å². The SMILES string of the molecule is O=C(NO)C1(NCc2ccc(-c3ccncc3)cc2)CCS(=O)(=O)CC1. The van der Waals surface area contributed by atoms with Crippen molar-refractivity contribution in [3.05, 3.63) is 54.4 Å². The minimum atomic E-state index is -3.12. The zero-order chi connectivity index (χ0) is 18.6. The zero-order valence-electron chi connectivity index (χ0n) is 14.2. The number of sulfone groups is 1. The van der Waals surface area contributed by atoms with Crippen molar-refractivity contribution in [2.45, 2.75) is 24.9 Å². The summed E-state index contributed by atoms with van der Waals surface area (Å²) in [4.78, 5) is 16.1. The predicted octanol–water partition coefficient (Wildman–Crippen LogP) is 1.29. The fraction of sp³-hybridized carbons (Fsp3) is 0.333. The van der Waals surface area contributed by atoms with Crippen LogP contribution in [-0.4, -0.2) is 41.6 Å². The molecule has 138 valence electrons. The first kappa shape index (κ1) is 18.5. The molecule has 3 N–H and O–H groups in total. The fourth-order valence-corrected chi connectivity index (χ4v) is 4.63. The van der Waals surface area contributed by atoms with Crippen molar-refractivity contribution in [3.8, 4) is 11.1 Å². The largest absolute Gasteiger partial charge is 0.299 e. The Hall–Kier alpha value is -2.29. The molecule has 8 heteroatoms. The number of carbonyl (C=O) groups excluding carboxylic acids is 1. The summed E-state index contributed by atoms with van der Waals surface area (Å²) in [6.07, 6.45) is 3.74. The number of amides is 1. The highest BCUT2D eigenvalue weighted by Gasteiger charge is 2.43. The lowest BCUT2D eigenvalue weighted by molar-refractivity contribution is -0.136. The van der Waals surface area contributed by atoms with Gasteiger partial charge in [-0.3, -0.25) is 20.3 Å².